The first-order chi connectivity index (χ1) is 12.8. The molecule has 0 unspecified atom stereocenters. The molecule has 5 rings (SSSR count). The molecule has 1 aliphatic heterocycles. The molecule has 0 amide bonds. The van der Waals surface area contributed by atoms with Crippen LogP contribution in [0.15, 0.2) is 35.7 Å². The Bertz CT molecular complexity index is 863. The fraction of sp³-hybridized carbons (Fsp3) is 0.421. The molecule has 1 aliphatic carbocycles. The van der Waals surface area contributed by atoms with E-state index in [1.54, 1.807) is 22.9 Å². The van der Waals surface area contributed by atoms with E-state index in [9.17, 15) is 0 Å². The summed E-state index contributed by atoms with van der Waals surface area (Å²) in [6.07, 6.45) is 2.53. The number of thiazole rings is 1. The average Bonchev–Trinajstić information content (AvgIpc) is 3.24. The van der Waals surface area contributed by atoms with Gasteiger partial charge in [-0.3, -0.25) is 4.90 Å². The Kier molecular flexibility index (Phi) is 4.44. The van der Waals surface area contributed by atoms with Gasteiger partial charge in [-0.15, -0.1) is 11.3 Å². The monoisotopic (exact) mass is 383 g/mol. The topological polar surface area (TPSA) is 45.2 Å². The van der Waals surface area contributed by atoms with Crippen LogP contribution in [0, 0.1) is 0 Å². The standard InChI is InChI=1S/C19H21N5S2/c1-2-4-15(5-3-1)18-20-16(13-25-18)12-23-8-10-24(11-9-23)19-21-17(22-26-19)14-6-7-14/h1-5,13-14H,6-12H2. The minimum atomic E-state index is 0.643. The van der Waals surface area contributed by atoms with E-state index in [2.05, 4.69) is 43.8 Å². The van der Waals surface area contributed by atoms with Gasteiger partial charge in [0.15, 0.2) is 0 Å². The largest absolute Gasteiger partial charge is 0.344 e. The number of piperazine rings is 1. The molecule has 1 aromatic carbocycles. The second-order valence-corrected chi connectivity index (χ2v) is 8.57. The normalized spacial score (nSPS) is 18.4. The maximum Gasteiger partial charge on any atom is 0.205 e. The first-order valence-electron chi connectivity index (χ1n) is 9.16. The van der Waals surface area contributed by atoms with Gasteiger partial charge in [0.05, 0.1) is 5.69 Å². The number of hydrogen-bond donors (Lipinski definition) is 0. The van der Waals surface area contributed by atoms with Crippen molar-refractivity contribution >= 4 is 28.0 Å². The Morgan fingerprint density at radius 2 is 1.81 bits per heavy atom. The van der Waals surface area contributed by atoms with Gasteiger partial charge in [-0.05, 0) is 12.8 Å². The quantitative estimate of drug-likeness (QED) is 0.669. The molecule has 5 nitrogen and oxygen atoms in total. The fourth-order valence-electron chi connectivity index (χ4n) is 3.28. The van der Waals surface area contributed by atoms with Crippen molar-refractivity contribution < 1.29 is 0 Å². The molecule has 0 N–H and O–H groups in total. The zero-order chi connectivity index (χ0) is 17.3. The number of nitrogens with zero attached hydrogens (tertiary/aromatic N) is 5. The van der Waals surface area contributed by atoms with E-state index >= 15 is 0 Å². The van der Waals surface area contributed by atoms with Gasteiger partial charge < -0.3 is 4.90 Å². The second kappa shape index (κ2) is 7.06. The molecule has 0 radical (unpaired) electrons. The highest BCUT2D eigenvalue weighted by molar-refractivity contribution is 7.13. The van der Waals surface area contributed by atoms with Crippen LogP contribution >= 0.6 is 22.9 Å². The molecule has 26 heavy (non-hydrogen) atoms. The highest BCUT2D eigenvalue weighted by Crippen LogP contribution is 2.39. The molecule has 1 saturated heterocycles. The lowest BCUT2D eigenvalue weighted by Gasteiger charge is -2.33. The molecule has 0 bridgehead atoms. The van der Waals surface area contributed by atoms with Crippen molar-refractivity contribution in [1.29, 1.82) is 0 Å². The third-order valence-corrected chi connectivity index (χ3v) is 6.71. The SMILES string of the molecule is c1ccc(-c2nc(CN3CCN(c4nc(C5CC5)ns4)CC3)cs2)cc1. The summed E-state index contributed by atoms with van der Waals surface area (Å²) in [5, 5.41) is 4.41. The molecule has 2 fully saturated rings. The van der Waals surface area contributed by atoms with E-state index in [1.807, 2.05) is 6.07 Å². The van der Waals surface area contributed by atoms with Gasteiger partial charge in [-0.25, -0.2) is 9.97 Å². The van der Waals surface area contributed by atoms with Crippen LogP contribution in [0.1, 0.15) is 30.3 Å². The smallest absolute Gasteiger partial charge is 0.205 e. The lowest BCUT2D eigenvalue weighted by Crippen LogP contribution is -2.46. The van der Waals surface area contributed by atoms with E-state index in [-0.39, 0.29) is 0 Å². The summed E-state index contributed by atoms with van der Waals surface area (Å²) >= 11 is 3.30. The minimum absolute atomic E-state index is 0.643. The van der Waals surface area contributed by atoms with Crippen molar-refractivity contribution in [2.24, 2.45) is 0 Å². The van der Waals surface area contributed by atoms with Crippen molar-refractivity contribution in [2.45, 2.75) is 25.3 Å². The van der Waals surface area contributed by atoms with Crippen LogP contribution in [0.4, 0.5) is 5.13 Å². The van der Waals surface area contributed by atoms with Crippen LogP contribution in [0.5, 0.6) is 0 Å². The Morgan fingerprint density at radius 3 is 2.58 bits per heavy atom. The van der Waals surface area contributed by atoms with Crippen molar-refractivity contribution in [3.63, 3.8) is 0 Å². The van der Waals surface area contributed by atoms with E-state index in [1.165, 1.54) is 24.1 Å². The number of hydrogen-bond acceptors (Lipinski definition) is 7. The maximum absolute atomic E-state index is 4.82. The third-order valence-electron chi connectivity index (χ3n) is 4.97. The van der Waals surface area contributed by atoms with Crippen molar-refractivity contribution in [3.8, 4) is 10.6 Å². The fourth-order valence-corrected chi connectivity index (χ4v) is 4.90. The number of rotatable bonds is 5. The average molecular weight is 384 g/mol. The Hall–Kier alpha value is -1.83. The van der Waals surface area contributed by atoms with Crippen LogP contribution < -0.4 is 4.90 Å². The van der Waals surface area contributed by atoms with Gasteiger partial charge in [-0.2, -0.15) is 4.37 Å². The van der Waals surface area contributed by atoms with Crippen LogP contribution in [-0.2, 0) is 6.54 Å². The third kappa shape index (κ3) is 3.51. The van der Waals surface area contributed by atoms with Gasteiger partial charge >= 0.3 is 0 Å². The number of anilines is 1. The predicted molar refractivity (Wildman–Crippen MR) is 107 cm³/mol. The van der Waals surface area contributed by atoms with E-state index in [4.69, 9.17) is 9.97 Å². The van der Waals surface area contributed by atoms with E-state index in [0.29, 0.717) is 5.92 Å². The molecule has 2 aromatic heterocycles. The molecular weight excluding hydrogens is 362 g/mol. The Balaban J connectivity index is 1.17. The number of aromatic nitrogens is 3. The molecular formula is C19H21N5S2. The van der Waals surface area contributed by atoms with Crippen LogP contribution in [-0.4, -0.2) is 45.4 Å². The Labute approximate surface area is 161 Å². The summed E-state index contributed by atoms with van der Waals surface area (Å²) in [6, 6.07) is 10.4. The van der Waals surface area contributed by atoms with Crippen LogP contribution in [0.2, 0.25) is 0 Å². The summed E-state index contributed by atoms with van der Waals surface area (Å²) in [7, 11) is 0. The molecule has 7 heteroatoms. The zero-order valence-electron chi connectivity index (χ0n) is 14.5. The summed E-state index contributed by atoms with van der Waals surface area (Å²) in [5.41, 5.74) is 2.38. The summed E-state index contributed by atoms with van der Waals surface area (Å²) < 4.78 is 4.54. The molecule has 2 aliphatic rings. The second-order valence-electron chi connectivity index (χ2n) is 6.98. The summed E-state index contributed by atoms with van der Waals surface area (Å²) in [6.45, 7) is 5.08. The zero-order valence-corrected chi connectivity index (χ0v) is 16.2. The predicted octanol–water partition coefficient (Wildman–Crippen LogP) is 3.86. The molecule has 1 saturated carbocycles. The molecule has 0 spiro atoms. The lowest BCUT2D eigenvalue weighted by atomic mass is 10.2. The highest BCUT2D eigenvalue weighted by atomic mass is 32.1. The van der Waals surface area contributed by atoms with E-state index in [0.717, 1.165) is 48.7 Å². The minimum Gasteiger partial charge on any atom is -0.344 e. The van der Waals surface area contributed by atoms with Crippen molar-refractivity contribution in [2.75, 3.05) is 31.1 Å². The summed E-state index contributed by atoms with van der Waals surface area (Å²) in [5.74, 6) is 1.72. The molecule has 3 heterocycles. The van der Waals surface area contributed by atoms with Gasteiger partial charge in [0.2, 0.25) is 5.13 Å². The molecule has 0 atom stereocenters. The lowest BCUT2D eigenvalue weighted by molar-refractivity contribution is 0.247. The molecule has 134 valence electrons. The molecule has 3 aromatic rings. The van der Waals surface area contributed by atoms with Gasteiger partial charge in [-0.1, -0.05) is 30.3 Å². The van der Waals surface area contributed by atoms with E-state index < -0.39 is 0 Å². The van der Waals surface area contributed by atoms with Gasteiger partial charge in [0.25, 0.3) is 0 Å². The van der Waals surface area contributed by atoms with Gasteiger partial charge in [0.1, 0.15) is 10.8 Å². The Morgan fingerprint density at radius 1 is 1.00 bits per heavy atom. The highest BCUT2D eigenvalue weighted by Gasteiger charge is 2.29. The van der Waals surface area contributed by atoms with Crippen molar-refractivity contribution in [1.82, 2.24) is 19.2 Å². The van der Waals surface area contributed by atoms with Crippen LogP contribution in [0.3, 0.4) is 0 Å². The van der Waals surface area contributed by atoms with Crippen molar-refractivity contribution in [3.05, 3.63) is 47.2 Å². The maximum atomic E-state index is 4.82. The summed E-state index contributed by atoms with van der Waals surface area (Å²) in [4.78, 5) is 14.4. The number of benzene rings is 1. The van der Waals surface area contributed by atoms with Crippen LogP contribution in [0.25, 0.3) is 10.6 Å². The first-order valence-corrected chi connectivity index (χ1v) is 10.8. The van der Waals surface area contributed by atoms with Gasteiger partial charge in [0, 0.05) is 61.1 Å². The first kappa shape index (κ1) is 16.4.